The lowest BCUT2D eigenvalue weighted by Gasteiger charge is -2.51. The molecule has 3 rings (SSSR count). The maximum Gasteiger partial charge on any atom is 0.226 e. The van der Waals surface area contributed by atoms with Crippen LogP contribution in [0.25, 0.3) is 0 Å². The van der Waals surface area contributed by atoms with Crippen LogP contribution >= 0.6 is 11.6 Å². The number of benzene rings is 1. The van der Waals surface area contributed by atoms with Crippen molar-refractivity contribution in [3.05, 3.63) is 28.8 Å². The van der Waals surface area contributed by atoms with Gasteiger partial charge in [-0.1, -0.05) is 17.7 Å². The zero-order valence-electron chi connectivity index (χ0n) is 12.8. The van der Waals surface area contributed by atoms with Gasteiger partial charge in [0.2, 0.25) is 5.91 Å². The Bertz CT molecular complexity index is 567. The lowest BCUT2D eigenvalue weighted by Crippen LogP contribution is -2.53. The Balaban J connectivity index is 1.58. The largest absolute Gasteiger partial charge is 0.495 e. The molecule has 2 aliphatic rings. The summed E-state index contributed by atoms with van der Waals surface area (Å²) in [4.78, 5) is 14.3. The smallest absolute Gasteiger partial charge is 0.226 e. The molecule has 1 saturated carbocycles. The van der Waals surface area contributed by atoms with Crippen molar-refractivity contribution in [3.8, 4) is 5.75 Å². The number of methoxy groups -OCH3 is 1. The first kappa shape index (κ1) is 15.6. The predicted octanol–water partition coefficient (Wildman–Crippen LogP) is 2.65. The van der Waals surface area contributed by atoms with Crippen LogP contribution in [0.1, 0.15) is 31.2 Å². The molecule has 4 nitrogen and oxygen atoms in total. The Hall–Kier alpha value is -1.26. The van der Waals surface area contributed by atoms with Crippen LogP contribution in [0.15, 0.2) is 18.2 Å². The molecule has 0 radical (unpaired) electrons. The zero-order valence-corrected chi connectivity index (χ0v) is 13.6. The van der Waals surface area contributed by atoms with Crippen molar-refractivity contribution in [1.82, 2.24) is 4.90 Å². The van der Waals surface area contributed by atoms with Crippen molar-refractivity contribution in [1.29, 1.82) is 0 Å². The van der Waals surface area contributed by atoms with E-state index in [1.807, 2.05) is 11.0 Å². The molecule has 2 fully saturated rings. The van der Waals surface area contributed by atoms with Crippen molar-refractivity contribution < 1.29 is 14.6 Å². The van der Waals surface area contributed by atoms with E-state index in [1.165, 1.54) is 0 Å². The predicted molar refractivity (Wildman–Crippen MR) is 85.2 cm³/mol. The van der Waals surface area contributed by atoms with E-state index in [0.717, 1.165) is 44.3 Å². The average molecular weight is 324 g/mol. The van der Waals surface area contributed by atoms with E-state index < -0.39 is 0 Å². The standard InChI is InChI=1S/C17H22ClNO3/c1-22-14-3-2-12(10-13(14)18)11-16(21)19-8-6-17(7-9-19)5-4-15(17)20/h2-3,10,15,20H,4-9,11H2,1H3/t15-/m0/s1. The molecule has 1 aliphatic carbocycles. The van der Waals surface area contributed by atoms with E-state index in [9.17, 15) is 9.90 Å². The summed E-state index contributed by atoms with van der Waals surface area (Å²) in [6.45, 7) is 1.50. The Morgan fingerprint density at radius 1 is 1.41 bits per heavy atom. The first-order valence-electron chi connectivity index (χ1n) is 7.82. The molecule has 5 heteroatoms. The minimum absolute atomic E-state index is 0.0974. The second-order valence-corrected chi connectivity index (χ2v) is 6.85. The van der Waals surface area contributed by atoms with Gasteiger partial charge in [-0.25, -0.2) is 0 Å². The summed E-state index contributed by atoms with van der Waals surface area (Å²) in [7, 11) is 1.57. The first-order valence-corrected chi connectivity index (χ1v) is 8.20. The van der Waals surface area contributed by atoms with E-state index in [0.29, 0.717) is 17.2 Å². The number of piperidine rings is 1. The highest BCUT2D eigenvalue weighted by atomic mass is 35.5. The fourth-order valence-corrected chi connectivity index (χ4v) is 3.85. The number of carbonyl (C=O) groups excluding carboxylic acids is 1. The van der Waals surface area contributed by atoms with Crippen LogP contribution in [0.5, 0.6) is 5.75 Å². The van der Waals surface area contributed by atoms with Crippen molar-refractivity contribution in [3.63, 3.8) is 0 Å². The maximum atomic E-state index is 12.4. The molecule has 1 aromatic rings. The zero-order chi connectivity index (χ0) is 15.7. The molecule has 0 bridgehead atoms. The van der Waals surface area contributed by atoms with E-state index in [-0.39, 0.29) is 17.4 Å². The Morgan fingerprint density at radius 2 is 2.14 bits per heavy atom. The molecule has 1 aromatic carbocycles. The normalized spacial score (nSPS) is 23.2. The van der Waals surface area contributed by atoms with E-state index in [1.54, 1.807) is 19.2 Å². The molecule has 0 unspecified atom stereocenters. The molecule has 1 atom stereocenters. The molecule has 1 saturated heterocycles. The second-order valence-electron chi connectivity index (χ2n) is 6.44. The third-order valence-electron chi connectivity index (χ3n) is 5.31. The molecule has 1 N–H and O–H groups in total. The van der Waals surface area contributed by atoms with Gasteiger partial charge in [0.25, 0.3) is 0 Å². The molecule has 120 valence electrons. The van der Waals surface area contributed by atoms with E-state index in [2.05, 4.69) is 0 Å². The fraction of sp³-hybridized carbons (Fsp3) is 0.588. The summed E-state index contributed by atoms with van der Waals surface area (Å²) in [6, 6.07) is 5.46. The first-order chi connectivity index (χ1) is 10.5. The van der Waals surface area contributed by atoms with Gasteiger partial charge in [0.1, 0.15) is 5.75 Å². The number of amides is 1. The SMILES string of the molecule is COc1ccc(CC(=O)N2CCC3(CC[C@@H]3O)CC2)cc1Cl. The topological polar surface area (TPSA) is 49.8 Å². The molecule has 1 spiro atoms. The lowest BCUT2D eigenvalue weighted by molar-refractivity contribution is -0.140. The summed E-state index contributed by atoms with van der Waals surface area (Å²) >= 11 is 6.10. The summed E-state index contributed by atoms with van der Waals surface area (Å²) in [5, 5.41) is 10.5. The van der Waals surface area contributed by atoms with Gasteiger partial charge in [0.15, 0.2) is 0 Å². The van der Waals surface area contributed by atoms with Crippen LogP contribution in [0.2, 0.25) is 5.02 Å². The second kappa shape index (κ2) is 6.09. The summed E-state index contributed by atoms with van der Waals surface area (Å²) < 4.78 is 5.12. The number of nitrogens with zero attached hydrogens (tertiary/aromatic N) is 1. The van der Waals surface area contributed by atoms with E-state index >= 15 is 0 Å². The Morgan fingerprint density at radius 3 is 2.64 bits per heavy atom. The van der Waals surface area contributed by atoms with Gasteiger partial charge in [-0.3, -0.25) is 4.79 Å². The number of aliphatic hydroxyl groups is 1. The van der Waals surface area contributed by atoms with Crippen LogP contribution < -0.4 is 4.74 Å². The summed E-state index contributed by atoms with van der Waals surface area (Å²) in [5.41, 5.74) is 1.000. The van der Waals surface area contributed by atoms with Gasteiger partial charge >= 0.3 is 0 Å². The minimum atomic E-state index is -0.162. The summed E-state index contributed by atoms with van der Waals surface area (Å²) in [5.74, 6) is 0.752. The van der Waals surface area contributed by atoms with Gasteiger partial charge in [-0.15, -0.1) is 0 Å². The van der Waals surface area contributed by atoms with Crippen LogP contribution in [-0.2, 0) is 11.2 Å². The summed E-state index contributed by atoms with van der Waals surface area (Å²) in [6.07, 6.45) is 4.05. The van der Waals surface area contributed by atoms with Gasteiger partial charge in [0, 0.05) is 13.1 Å². The van der Waals surface area contributed by atoms with Crippen molar-refractivity contribution in [2.24, 2.45) is 5.41 Å². The number of rotatable bonds is 3. The number of halogens is 1. The van der Waals surface area contributed by atoms with Gasteiger partial charge in [-0.2, -0.15) is 0 Å². The number of hydrogen-bond acceptors (Lipinski definition) is 3. The molecule has 1 heterocycles. The Labute approximate surface area is 136 Å². The van der Waals surface area contributed by atoms with Gasteiger partial charge in [-0.05, 0) is 48.8 Å². The maximum absolute atomic E-state index is 12.4. The Kier molecular flexibility index (Phi) is 4.33. The monoisotopic (exact) mass is 323 g/mol. The number of carbonyl (C=O) groups is 1. The van der Waals surface area contributed by atoms with Crippen LogP contribution in [0, 0.1) is 5.41 Å². The highest BCUT2D eigenvalue weighted by Gasteiger charge is 2.47. The van der Waals surface area contributed by atoms with Crippen molar-refractivity contribution >= 4 is 17.5 Å². The average Bonchev–Trinajstić information content (AvgIpc) is 2.53. The van der Waals surface area contributed by atoms with Crippen LogP contribution in [0.3, 0.4) is 0 Å². The third kappa shape index (κ3) is 2.82. The number of aliphatic hydroxyl groups excluding tert-OH is 1. The molecule has 22 heavy (non-hydrogen) atoms. The van der Waals surface area contributed by atoms with Crippen molar-refractivity contribution in [2.45, 2.75) is 38.2 Å². The molecular weight excluding hydrogens is 302 g/mol. The number of hydrogen-bond donors (Lipinski definition) is 1. The molecule has 1 aliphatic heterocycles. The highest BCUT2D eigenvalue weighted by Crippen LogP contribution is 2.49. The lowest BCUT2D eigenvalue weighted by atomic mass is 9.61. The van der Waals surface area contributed by atoms with E-state index in [4.69, 9.17) is 16.3 Å². The number of likely N-dealkylation sites (tertiary alicyclic amines) is 1. The fourth-order valence-electron chi connectivity index (χ4n) is 3.57. The molecule has 1 amide bonds. The van der Waals surface area contributed by atoms with Gasteiger partial charge < -0.3 is 14.7 Å². The van der Waals surface area contributed by atoms with Gasteiger partial charge in [0.05, 0.1) is 24.7 Å². The molecule has 0 aromatic heterocycles. The van der Waals surface area contributed by atoms with Crippen molar-refractivity contribution in [2.75, 3.05) is 20.2 Å². The third-order valence-corrected chi connectivity index (χ3v) is 5.60. The quantitative estimate of drug-likeness (QED) is 0.930. The highest BCUT2D eigenvalue weighted by molar-refractivity contribution is 6.32. The van der Waals surface area contributed by atoms with Crippen LogP contribution in [-0.4, -0.2) is 42.2 Å². The van der Waals surface area contributed by atoms with Crippen LogP contribution in [0.4, 0.5) is 0 Å². The number of ether oxygens (including phenoxy) is 1. The molecular formula is C17H22ClNO3. The minimum Gasteiger partial charge on any atom is -0.495 e.